The number of aliphatic carboxylic acids is 1. The predicted molar refractivity (Wildman–Crippen MR) is 141 cm³/mol. The number of nitrogens with zero attached hydrogens (tertiary/aromatic N) is 1. The highest BCUT2D eigenvalue weighted by atomic mass is 16.5. The van der Waals surface area contributed by atoms with Crippen LogP contribution in [-0.2, 0) is 9.53 Å². The summed E-state index contributed by atoms with van der Waals surface area (Å²) in [6.45, 7) is 8.11. The van der Waals surface area contributed by atoms with E-state index in [4.69, 9.17) is 9.26 Å². The van der Waals surface area contributed by atoms with Gasteiger partial charge in [-0.3, -0.25) is 10.1 Å². The van der Waals surface area contributed by atoms with E-state index in [2.05, 4.69) is 35.0 Å². The summed E-state index contributed by atoms with van der Waals surface area (Å²) in [5.74, 6) is -0.0594. The molecule has 9 heteroatoms. The van der Waals surface area contributed by atoms with Crippen LogP contribution in [0.15, 0.2) is 28.8 Å². The Labute approximate surface area is 213 Å². The average molecular weight is 501 g/mol. The normalized spacial score (nSPS) is 16.8. The summed E-state index contributed by atoms with van der Waals surface area (Å²) in [4.78, 5) is 24.6. The van der Waals surface area contributed by atoms with Crippen LogP contribution >= 0.6 is 0 Å². The van der Waals surface area contributed by atoms with E-state index in [-0.39, 0.29) is 18.6 Å². The molecule has 1 aromatic carbocycles. The lowest BCUT2D eigenvalue weighted by molar-refractivity contribution is -0.142. The number of urea groups is 1. The summed E-state index contributed by atoms with van der Waals surface area (Å²) in [6, 6.07) is 7.13. The second-order valence-corrected chi connectivity index (χ2v) is 10.2. The third-order valence-electron chi connectivity index (χ3n) is 7.13. The van der Waals surface area contributed by atoms with Gasteiger partial charge in [-0.15, -0.1) is 0 Å². The first-order valence-electron chi connectivity index (χ1n) is 12.8. The first-order chi connectivity index (χ1) is 17.2. The highest BCUT2D eigenvalue weighted by Gasteiger charge is 2.29. The molecule has 2 aromatic rings. The van der Waals surface area contributed by atoms with Crippen LogP contribution in [0, 0.1) is 24.7 Å². The lowest BCUT2D eigenvalue weighted by atomic mass is 9.79. The van der Waals surface area contributed by atoms with Crippen molar-refractivity contribution in [2.24, 2.45) is 17.8 Å². The zero-order valence-electron chi connectivity index (χ0n) is 22.0. The molecule has 2 amide bonds. The van der Waals surface area contributed by atoms with Crippen LogP contribution < -0.4 is 16.0 Å². The van der Waals surface area contributed by atoms with Gasteiger partial charge in [-0.25, -0.2) is 4.79 Å². The number of rotatable bonds is 11. The number of amides is 2. The van der Waals surface area contributed by atoms with Crippen molar-refractivity contribution in [2.45, 2.75) is 71.8 Å². The number of methoxy groups -OCH3 is 1. The monoisotopic (exact) mass is 500 g/mol. The fourth-order valence-electron chi connectivity index (χ4n) is 5.10. The van der Waals surface area contributed by atoms with Gasteiger partial charge in [0.1, 0.15) is 5.76 Å². The van der Waals surface area contributed by atoms with Gasteiger partial charge in [-0.2, -0.15) is 0 Å². The second-order valence-electron chi connectivity index (χ2n) is 10.2. The predicted octanol–water partition coefficient (Wildman–Crippen LogP) is 6.09. The summed E-state index contributed by atoms with van der Waals surface area (Å²) >= 11 is 0. The maximum atomic E-state index is 12.9. The molecule has 1 heterocycles. The molecule has 1 saturated carbocycles. The van der Waals surface area contributed by atoms with E-state index in [9.17, 15) is 14.7 Å². The summed E-state index contributed by atoms with van der Waals surface area (Å²) in [5.41, 5.74) is 2.16. The molecule has 3 unspecified atom stereocenters. The van der Waals surface area contributed by atoms with E-state index >= 15 is 0 Å². The minimum atomic E-state index is -0.898. The highest BCUT2D eigenvalue weighted by molar-refractivity contribution is 6.01. The van der Waals surface area contributed by atoms with Crippen molar-refractivity contribution >= 4 is 29.2 Å². The number of nitrogens with one attached hydrogen (secondary N) is 3. The number of hydrogen-bond donors (Lipinski definition) is 4. The molecule has 1 fully saturated rings. The van der Waals surface area contributed by atoms with Crippen molar-refractivity contribution < 1.29 is 24.0 Å². The molecule has 9 nitrogen and oxygen atoms in total. The number of carboxylic acid groups (broad SMARTS) is 1. The van der Waals surface area contributed by atoms with Crippen molar-refractivity contribution in [2.75, 3.05) is 29.7 Å². The molecule has 0 saturated heterocycles. The first-order valence-corrected chi connectivity index (χ1v) is 12.8. The molecule has 36 heavy (non-hydrogen) atoms. The molecule has 0 bridgehead atoms. The Morgan fingerprint density at radius 2 is 1.83 bits per heavy atom. The summed E-state index contributed by atoms with van der Waals surface area (Å²) in [7, 11) is 1.56. The Morgan fingerprint density at radius 3 is 2.42 bits per heavy atom. The Bertz CT molecular complexity index is 1020. The van der Waals surface area contributed by atoms with Crippen LogP contribution in [0.2, 0.25) is 0 Å². The van der Waals surface area contributed by atoms with Crippen molar-refractivity contribution in [1.82, 2.24) is 5.16 Å². The Balaban J connectivity index is 1.92. The Kier molecular flexibility index (Phi) is 9.75. The van der Waals surface area contributed by atoms with Gasteiger partial charge in [0.15, 0.2) is 5.82 Å². The van der Waals surface area contributed by atoms with Crippen LogP contribution in [0.25, 0.3) is 0 Å². The van der Waals surface area contributed by atoms with Crippen molar-refractivity contribution in [3.63, 3.8) is 0 Å². The zero-order chi connectivity index (χ0) is 26.2. The molecule has 0 radical (unpaired) electrons. The average Bonchev–Trinajstić information content (AvgIpc) is 3.25. The van der Waals surface area contributed by atoms with Crippen LogP contribution in [0.4, 0.5) is 22.0 Å². The van der Waals surface area contributed by atoms with E-state index in [1.807, 2.05) is 18.2 Å². The molecule has 1 aliphatic rings. The fraction of sp³-hybridized carbons (Fsp3) is 0.593. The third kappa shape index (κ3) is 7.22. The van der Waals surface area contributed by atoms with Crippen LogP contribution in [0.5, 0.6) is 0 Å². The number of carboxylic acids is 1. The fourth-order valence-corrected chi connectivity index (χ4v) is 5.10. The molecular weight excluding hydrogens is 460 g/mol. The van der Waals surface area contributed by atoms with Crippen LogP contribution in [0.3, 0.4) is 0 Å². The smallest absolute Gasteiger partial charge is 0.325 e. The molecule has 0 aliphatic heterocycles. The maximum Gasteiger partial charge on any atom is 0.325 e. The van der Waals surface area contributed by atoms with Gasteiger partial charge in [0.05, 0.1) is 23.9 Å². The van der Waals surface area contributed by atoms with Crippen LogP contribution in [-0.4, -0.2) is 42.0 Å². The lowest BCUT2D eigenvalue weighted by Gasteiger charge is -2.35. The number of aromatic nitrogens is 1. The molecule has 198 valence electrons. The van der Waals surface area contributed by atoms with Crippen molar-refractivity contribution in [3.05, 3.63) is 35.6 Å². The number of anilines is 3. The number of benzene rings is 1. The third-order valence-corrected chi connectivity index (χ3v) is 7.13. The van der Waals surface area contributed by atoms with E-state index in [0.29, 0.717) is 29.1 Å². The van der Waals surface area contributed by atoms with Gasteiger partial charge in [-0.1, -0.05) is 51.3 Å². The highest BCUT2D eigenvalue weighted by Crippen LogP contribution is 2.36. The first kappa shape index (κ1) is 27.5. The van der Waals surface area contributed by atoms with Crippen molar-refractivity contribution in [3.8, 4) is 0 Å². The Hall–Kier alpha value is -3.07. The van der Waals surface area contributed by atoms with Crippen LogP contribution in [0.1, 0.15) is 70.1 Å². The van der Waals surface area contributed by atoms with Gasteiger partial charge >= 0.3 is 12.0 Å². The molecule has 3 atom stereocenters. The van der Waals surface area contributed by atoms with Gasteiger partial charge in [-0.05, 0) is 49.3 Å². The van der Waals surface area contributed by atoms with Gasteiger partial charge in [0.25, 0.3) is 0 Å². The number of hydrogen-bond acceptors (Lipinski definition) is 6. The molecule has 0 spiro atoms. The standard InChI is InChI=1S/C27H40N4O5/c1-16(2)25(19-9-7-6-8-10-19)28-22-12-11-20(21(15-35-5)18(4)26(32)33)14-23(22)29-27(34)30-24-13-17(3)36-31-24/h11-14,16,18-19,21,25,28H,6-10,15H2,1-5H3,(H,32,33)(H2,29,30,31,34). The van der Waals surface area contributed by atoms with Crippen molar-refractivity contribution in [1.29, 1.82) is 0 Å². The number of ether oxygens (including phenoxy) is 1. The van der Waals surface area contributed by atoms with E-state index in [0.717, 1.165) is 11.3 Å². The minimum Gasteiger partial charge on any atom is -0.481 e. The quantitative estimate of drug-likeness (QED) is 0.294. The van der Waals surface area contributed by atoms with Gasteiger partial charge < -0.3 is 25.0 Å². The SMILES string of the molecule is COCC(c1ccc(NC(C(C)C)C2CCCCC2)c(NC(=O)Nc2cc(C)on2)c1)C(C)C(=O)O. The van der Waals surface area contributed by atoms with E-state index < -0.39 is 17.9 Å². The van der Waals surface area contributed by atoms with E-state index in [1.54, 1.807) is 27.0 Å². The molecule has 3 rings (SSSR count). The van der Waals surface area contributed by atoms with E-state index in [1.165, 1.54) is 32.1 Å². The topological polar surface area (TPSA) is 126 Å². The summed E-state index contributed by atoms with van der Waals surface area (Å²) in [5, 5.41) is 22.8. The summed E-state index contributed by atoms with van der Waals surface area (Å²) in [6.07, 6.45) is 6.15. The molecular formula is C27H40N4O5. The van der Waals surface area contributed by atoms with Gasteiger partial charge in [0, 0.05) is 25.1 Å². The molecule has 1 aromatic heterocycles. The number of aryl methyl sites for hydroxylation is 1. The lowest BCUT2D eigenvalue weighted by Crippen LogP contribution is -2.35. The van der Waals surface area contributed by atoms with Gasteiger partial charge in [0.2, 0.25) is 0 Å². The maximum absolute atomic E-state index is 12.9. The zero-order valence-corrected chi connectivity index (χ0v) is 22.0. The summed E-state index contributed by atoms with van der Waals surface area (Å²) < 4.78 is 10.4. The largest absolute Gasteiger partial charge is 0.481 e. The number of carbonyl (C=O) groups excluding carboxylic acids is 1. The number of carbonyl (C=O) groups is 2. The second kappa shape index (κ2) is 12.8. The Morgan fingerprint density at radius 1 is 1.11 bits per heavy atom. The minimum absolute atomic E-state index is 0.251. The molecule has 4 N–H and O–H groups in total. The molecule has 1 aliphatic carbocycles.